The van der Waals surface area contributed by atoms with Crippen LogP contribution >= 0.6 is 0 Å². The van der Waals surface area contributed by atoms with Crippen LogP contribution in [0.25, 0.3) is 0 Å². The molecule has 1 aliphatic heterocycles. The third kappa shape index (κ3) is 3.45. The van der Waals surface area contributed by atoms with Gasteiger partial charge >= 0.3 is 0 Å². The fourth-order valence-corrected chi connectivity index (χ4v) is 2.48. The van der Waals surface area contributed by atoms with Crippen LogP contribution in [0.3, 0.4) is 0 Å². The van der Waals surface area contributed by atoms with E-state index in [0.717, 1.165) is 30.6 Å². The molecule has 110 valence electrons. The van der Waals surface area contributed by atoms with Gasteiger partial charge in [-0.25, -0.2) is 4.98 Å². The highest BCUT2D eigenvalue weighted by molar-refractivity contribution is 5.76. The van der Waals surface area contributed by atoms with E-state index in [0.29, 0.717) is 13.0 Å². The van der Waals surface area contributed by atoms with Crippen LogP contribution in [0, 0.1) is 0 Å². The van der Waals surface area contributed by atoms with Crippen LogP contribution in [0.2, 0.25) is 0 Å². The number of hydrogen-bond acceptors (Lipinski definition) is 4. The molecule has 20 heavy (non-hydrogen) atoms. The zero-order chi connectivity index (χ0) is 14.5. The molecule has 2 rings (SSSR count). The minimum absolute atomic E-state index is 0.0423. The van der Waals surface area contributed by atoms with E-state index < -0.39 is 0 Å². The number of fused-ring (bicyclic) bond motifs is 1. The minimum Gasteiger partial charge on any atom is -0.352 e. The van der Waals surface area contributed by atoms with E-state index in [4.69, 9.17) is 0 Å². The topological polar surface area (TPSA) is 76.0 Å². The number of nitrogens with zero attached hydrogens (tertiary/aromatic N) is 2. The highest BCUT2D eigenvalue weighted by Crippen LogP contribution is 2.05. The van der Waals surface area contributed by atoms with Gasteiger partial charge in [0.25, 0.3) is 5.56 Å². The summed E-state index contributed by atoms with van der Waals surface area (Å²) in [6, 6.07) is 0.137. The van der Waals surface area contributed by atoms with Crippen molar-refractivity contribution in [2.24, 2.45) is 0 Å². The highest BCUT2D eigenvalue weighted by atomic mass is 16.2. The van der Waals surface area contributed by atoms with Gasteiger partial charge in [0.15, 0.2) is 0 Å². The highest BCUT2D eigenvalue weighted by Gasteiger charge is 2.16. The molecular weight excluding hydrogens is 256 g/mol. The molecule has 1 aromatic rings. The van der Waals surface area contributed by atoms with Crippen LogP contribution in [-0.4, -0.2) is 28.0 Å². The van der Waals surface area contributed by atoms with Gasteiger partial charge in [0.1, 0.15) is 6.54 Å². The van der Waals surface area contributed by atoms with Crippen molar-refractivity contribution in [1.29, 1.82) is 0 Å². The summed E-state index contributed by atoms with van der Waals surface area (Å²) in [5.41, 5.74) is 1.45. The summed E-state index contributed by atoms with van der Waals surface area (Å²) in [6.45, 7) is 5.51. The predicted octanol–water partition coefficient (Wildman–Crippen LogP) is 0.194. The lowest BCUT2D eigenvalue weighted by atomic mass is 10.1. The van der Waals surface area contributed by atoms with Crippen LogP contribution in [0.4, 0.5) is 0 Å². The number of rotatable bonds is 5. The Kier molecular flexibility index (Phi) is 4.89. The van der Waals surface area contributed by atoms with Gasteiger partial charge in [-0.2, -0.15) is 0 Å². The molecule has 0 bridgehead atoms. The molecule has 1 atom stereocenters. The van der Waals surface area contributed by atoms with Gasteiger partial charge in [0.2, 0.25) is 5.91 Å². The zero-order valence-corrected chi connectivity index (χ0v) is 12.1. The Hall–Kier alpha value is -1.69. The van der Waals surface area contributed by atoms with Crippen molar-refractivity contribution in [3.8, 4) is 0 Å². The largest absolute Gasteiger partial charge is 0.352 e. The van der Waals surface area contributed by atoms with Crippen molar-refractivity contribution in [2.45, 2.75) is 52.2 Å². The lowest BCUT2D eigenvalue weighted by Gasteiger charge is -2.17. The summed E-state index contributed by atoms with van der Waals surface area (Å²) in [4.78, 5) is 28.5. The first kappa shape index (κ1) is 14.7. The summed E-state index contributed by atoms with van der Waals surface area (Å²) < 4.78 is 1.40. The summed E-state index contributed by atoms with van der Waals surface area (Å²) in [6.07, 6.45) is 4.11. The van der Waals surface area contributed by atoms with E-state index in [-0.39, 0.29) is 24.1 Å². The zero-order valence-electron chi connectivity index (χ0n) is 12.1. The maximum absolute atomic E-state index is 12.3. The molecule has 0 saturated carbocycles. The third-order valence-electron chi connectivity index (χ3n) is 3.51. The van der Waals surface area contributed by atoms with Crippen molar-refractivity contribution in [1.82, 2.24) is 20.2 Å². The van der Waals surface area contributed by atoms with E-state index in [1.807, 2.05) is 6.92 Å². The van der Waals surface area contributed by atoms with Gasteiger partial charge in [0, 0.05) is 18.2 Å². The summed E-state index contributed by atoms with van der Waals surface area (Å²) >= 11 is 0. The minimum atomic E-state index is -0.135. The molecule has 1 unspecified atom stereocenters. The summed E-state index contributed by atoms with van der Waals surface area (Å²) in [5.74, 6) is -0.135. The van der Waals surface area contributed by atoms with Gasteiger partial charge in [-0.1, -0.05) is 13.3 Å². The van der Waals surface area contributed by atoms with Crippen molar-refractivity contribution < 1.29 is 4.79 Å². The first-order chi connectivity index (χ1) is 9.61. The number of hydrogen-bond donors (Lipinski definition) is 2. The molecule has 6 heteroatoms. The molecule has 1 amide bonds. The van der Waals surface area contributed by atoms with E-state index in [2.05, 4.69) is 22.5 Å². The quantitative estimate of drug-likeness (QED) is 0.806. The van der Waals surface area contributed by atoms with E-state index >= 15 is 0 Å². The Bertz CT molecular complexity index is 538. The first-order valence-corrected chi connectivity index (χ1v) is 7.19. The molecule has 2 N–H and O–H groups in total. The standard InChI is InChI=1S/C14H22N4O2/c1-3-4-10(2)17-13(19)8-18-9-16-12-7-15-6-5-11(12)14(18)20/h9-10,15H,3-8H2,1-2H3,(H,17,19). The third-order valence-corrected chi connectivity index (χ3v) is 3.51. The fourth-order valence-electron chi connectivity index (χ4n) is 2.48. The number of nitrogens with one attached hydrogen (secondary N) is 2. The van der Waals surface area contributed by atoms with Crippen LogP contribution in [0.5, 0.6) is 0 Å². The van der Waals surface area contributed by atoms with Crippen molar-refractivity contribution in [3.63, 3.8) is 0 Å². The normalized spacial score (nSPS) is 15.5. The maximum atomic E-state index is 12.3. The van der Waals surface area contributed by atoms with Crippen LogP contribution in [-0.2, 0) is 24.3 Å². The van der Waals surface area contributed by atoms with Gasteiger partial charge < -0.3 is 10.6 Å². The molecule has 1 aliphatic rings. The van der Waals surface area contributed by atoms with E-state index in [1.165, 1.54) is 10.9 Å². The SMILES string of the molecule is CCCC(C)NC(=O)Cn1cnc2c(c1=O)CCNC2. The van der Waals surface area contributed by atoms with Gasteiger partial charge in [-0.05, 0) is 26.3 Å². The van der Waals surface area contributed by atoms with E-state index in [9.17, 15) is 9.59 Å². The Labute approximate surface area is 118 Å². The Morgan fingerprint density at radius 1 is 1.60 bits per heavy atom. The molecule has 6 nitrogen and oxygen atoms in total. The monoisotopic (exact) mass is 278 g/mol. The molecule has 0 radical (unpaired) electrons. The second kappa shape index (κ2) is 6.65. The molecule has 0 spiro atoms. The first-order valence-electron chi connectivity index (χ1n) is 7.19. The van der Waals surface area contributed by atoms with Gasteiger partial charge in [0.05, 0.1) is 12.0 Å². The maximum Gasteiger partial charge on any atom is 0.257 e. The van der Waals surface area contributed by atoms with Crippen molar-refractivity contribution in [2.75, 3.05) is 6.54 Å². The fraction of sp³-hybridized carbons (Fsp3) is 0.643. The molecule has 0 fully saturated rings. The Morgan fingerprint density at radius 3 is 3.15 bits per heavy atom. The second-order valence-electron chi connectivity index (χ2n) is 5.29. The molecule has 0 aromatic carbocycles. The lowest BCUT2D eigenvalue weighted by molar-refractivity contribution is -0.122. The second-order valence-corrected chi connectivity index (χ2v) is 5.29. The molecule has 0 saturated heterocycles. The Morgan fingerprint density at radius 2 is 2.40 bits per heavy atom. The number of aromatic nitrogens is 2. The summed E-state index contributed by atoms with van der Waals surface area (Å²) in [5, 5.41) is 6.08. The van der Waals surface area contributed by atoms with Crippen molar-refractivity contribution in [3.05, 3.63) is 27.9 Å². The molecular formula is C14H22N4O2. The molecule has 1 aromatic heterocycles. The van der Waals surface area contributed by atoms with Crippen LogP contribution in [0.15, 0.2) is 11.1 Å². The van der Waals surface area contributed by atoms with Gasteiger partial charge in [-0.3, -0.25) is 14.2 Å². The summed E-state index contributed by atoms with van der Waals surface area (Å²) in [7, 11) is 0. The number of carbonyl (C=O) groups is 1. The average molecular weight is 278 g/mol. The van der Waals surface area contributed by atoms with Crippen molar-refractivity contribution >= 4 is 5.91 Å². The smallest absolute Gasteiger partial charge is 0.257 e. The average Bonchev–Trinajstić information content (AvgIpc) is 2.42. The molecule has 0 aliphatic carbocycles. The lowest BCUT2D eigenvalue weighted by Crippen LogP contribution is -2.39. The van der Waals surface area contributed by atoms with Crippen LogP contribution < -0.4 is 16.2 Å². The van der Waals surface area contributed by atoms with E-state index in [1.54, 1.807) is 0 Å². The molecule has 2 heterocycles. The number of carbonyl (C=O) groups excluding carboxylic acids is 1. The van der Waals surface area contributed by atoms with Gasteiger partial charge in [-0.15, -0.1) is 0 Å². The Balaban J connectivity index is 2.06. The van der Waals surface area contributed by atoms with Crippen LogP contribution in [0.1, 0.15) is 37.9 Å². The predicted molar refractivity (Wildman–Crippen MR) is 76.4 cm³/mol. The number of amides is 1.